The van der Waals surface area contributed by atoms with Crippen LogP contribution in [0.25, 0.3) is 4.85 Å². The Labute approximate surface area is 73.3 Å². The van der Waals surface area contributed by atoms with Gasteiger partial charge in [0.25, 0.3) is 0 Å². The van der Waals surface area contributed by atoms with Gasteiger partial charge < -0.3 is 4.74 Å². The van der Waals surface area contributed by atoms with Crippen molar-refractivity contribution in [1.82, 2.24) is 0 Å². The number of sulfone groups is 1. The van der Waals surface area contributed by atoms with Crippen LogP contribution in [0.15, 0.2) is 0 Å². The summed E-state index contributed by atoms with van der Waals surface area (Å²) in [5.41, 5.74) is 0. The fraction of sp³-hybridized carbons (Fsp3) is 0.857. The molecule has 0 aromatic rings. The van der Waals surface area contributed by atoms with Crippen LogP contribution in [0.4, 0.5) is 0 Å². The topological polar surface area (TPSA) is 47.7 Å². The summed E-state index contributed by atoms with van der Waals surface area (Å²) in [6.07, 6.45) is 0.0353. The molecule has 0 aliphatic heterocycles. The van der Waals surface area contributed by atoms with E-state index in [9.17, 15) is 8.42 Å². The van der Waals surface area contributed by atoms with Crippen molar-refractivity contribution >= 4 is 9.84 Å². The summed E-state index contributed by atoms with van der Waals surface area (Å²) in [7, 11) is -3.21. The predicted molar refractivity (Wildman–Crippen MR) is 46.3 cm³/mol. The SMILES string of the molecule is [C-]#[N+]CS(=O)(=O)CCOC(C)C. The van der Waals surface area contributed by atoms with Gasteiger partial charge in [-0.05, 0) is 13.8 Å². The molecule has 5 heteroatoms. The van der Waals surface area contributed by atoms with Crippen LogP contribution in [0, 0.1) is 6.57 Å². The molecule has 0 aromatic heterocycles. The fourth-order valence-electron chi connectivity index (χ4n) is 0.574. The first-order valence-corrected chi connectivity index (χ1v) is 5.45. The summed E-state index contributed by atoms with van der Waals surface area (Å²) in [4.78, 5) is 2.81. The zero-order chi connectivity index (χ0) is 9.61. The van der Waals surface area contributed by atoms with Gasteiger partial charge in [0, 0.05) is 0 Å². The molecule has 0 spiro atoms. The molecule has 0 N–H and O–H groups in total. The van der Waals surface area contributed by atoms with Crippen LogP contribution in [0.3, 0.4) is 0 Å². The van der Waals surface area contributed by atoms with Gasteiger partial charge in [-0.2, -0.15) is 0 Å². The molecule has 12 heavy (non-hydrogen) atoms. The van der Waals surface area contributed by atoms with E-state index in [0.717, 1.165) is 0 Å². The van der Waals surface area contributed by atoms with E-state index in [0.29, 0.717) is 0 Å². The Balaban J connectivity index is 3.72. The normalized spacial score (nSPS) is 11.5. The lowest BCUT2D eigenvalue weighted by Gasteiger charge is -2.05. The largest absolute Gasteiger partial charge is 0.378 e. The van der Waals surface area contributed by atoms with E-state index >= 15 is 0 Å². The molecule has 0 radical (unpaired) electrons. The average Bonchev–Trinajstić information content (AvgIpc) is 1.85. The average molecular weight is 191 g/mol. The Morgan fingerprint density at radius 1 is 1.50 bits per heavy atom. The lowest BCUT2D eigenvalue weighted by Crippen LogP contribution is -2.16. The molecular weight excluding hydrogens is 178 g/mol. The van der Waals surface area contributed by atoms with Gasteiger partial charge in [0.2, 0.25) is 9.84 Å². The molecule has 0 amide bonds. The minimum absolute atomic E-state index is 0.0353. The van der Waals surface area contributed by atoms with Crippen molar-refractivity contribution < 1.29 is 13.2 Å². The van der Waals surface area contributed by atoms with Crippen molar-refractivity contribution in [3.8, 4) is 0 Å². The second kappa shape index (κ2) is 5.12. The van der Waals surface area contributed by atoms with Crippen molar-refractivity contribution in [1.29, 1.82) is 0 Å². The second-order valence-electron chi connectivity index (χ2n) is 2.65. The molecule has 0 aromatic carbocycles. The predicted octanol–water partition coefficient (Wildman–Crippen LogP) is 0.703. The number of hydrogen-bond donors (Lipinski definition) is 0. The van der Waals surface area contributed by atoms with Gasteiger partial charge in [-0.3, -0.25) is 4.85 Å². The number of ether oxygens (including phenoxy) is 1. The van der Waals surface area contributed by atoms with E-state index in [1.165, 1.54) is 0 Å². The number of hydrogen-bond acceptors (Lipinski definition) is 3. The minimum Gasteiger partial charge on any atom is -0.378 e. The second-order valence-corrected chi connectivity index (χ2v) is 4.81. The molecule has 0 atom stereocenters. The summed E-state index contributed by atoms with van der Waals surface area (Å²) in [6.45, 7) is 10.2. The Kier molecular flexibility index (Phi) is 4.86. The van der Waals surface area contributed by atoms with Crippen LogP contribution in [0.2, 0.25) is 0 Å². The quantitative estimate of drug-likeness (QED) is 0.601. The Hall–Kier alpha value is -0.600. The van der Waals surface area contributed by atoms with Crippen LogP contribution in [-0.2, 0) is 14.6 Å². The van der Waals surface area contributed by atoms with Crippen LogP contribution in [0.1, 0.15) is 13.8 Å². The summed E-state index contributed by atoms with van der Waals surface area (Å²) >= 11 is 0. The van der Waals surface area contributed by atoms with Crippen LogP contribution < -0.4 is 0 Å². The van der Waals surface area contributed by atoms with E-state index in [-0.39, 0.29) is 18.5 Å². The number of nitrogens with zero attached hydrogens (tertiary/aromatic N) is 1. The highest BCUT2D eigenvalue weighted by Crippen LogP contribution is 1.94. The van der Waals surface area contributed by atoms with Crippen molar-refractivity contribution in [3.63, 3.8) is 0 Å². The van der Waals surface area contributed by atoms with Gasteiger partial charge in [-0.25, -0.2) is 15.0 Å². The van der Waals surface area contributed by atoms with Crippen molar-refractivity contribution in [3.05, 3.63) is 11.4 Å². The summed E-state index contributed by atoms with van der Waals surface area (Å²) < 4.78 is 26.9. The van der Waals surface area contributed by atoms with Crippen molar-refractivity contribution in [2.75, 3.05) is 18.2 Å². The molecule has 0 rings (SSSR count). The maximum atomic E-state index is 10.9. The third-order valence-corrected chi connectivity index (χ3v) is 2.42. The highest BCUT2D eigenvalue weighted by atomic mass is 32.2. The molecule has 0 aliphatic carbocycles. The molecule has 0 saturated heterocycles. The summed E-state index contributed by atoms with van der Waals surface area (Å²) in [6, 6.07) is 0. The molecule has 0 unspecified atom stereocenters. The first kappa shape index (κ1) is 11.4. The molecule has 0 heterocycles. The highest BCUT2D eigenvalue weighted by Gasteiger charge is 2.13. The summed E-state index contributed by atoms with van der Waals surface area (Å²) in [5, 5.41) is 0. The Bertz CT molecular complexity index is 250. The molecule has 0 aliphatic rings. The lowest BCUT2D eigenvalue weighted by atomic mass is 10.5. The van der Waals surface area contributed by atoms with E-state index in [4.69, 9.17) is 11.3 Å². The van der Waals surface area contributed by atoms with Crippen LogP contribution in [0.5, 0.6) is 0 Å². The van der Waals surface area contributed by atoms with E-state index in [1.807, 2.05) is 13.8 Å². The molecule has 70 valence electrons. The Morgan fingerprint density at radius 2 is 2.08 bits per heavy atom. The molecular formula is C7H13NO3S. The minimum atomic E-state index is -3.21. The zero-order valence-corrected chi connectivity index (χ0v) is 8.10. The molecule has 4 nitrogen and oxygen atoms in total. The van der Waals surface area contributed by atoms with Gasteiger partial charge in [0.05, 0.1) is 18.5 Å². The first-order valence-electron chi connectivity index (χ1n) is 3.63. The highest BCUT2D eigenvalue weighted by molar-refractivity contribution is 7.91. The Morgan fingerprint density at radius 3 is 2.50 bits per heavy atom. The standard InChI is InChI=1S/C7H13NO3S/c1-7(2)11-4-5-12(9,10)6-8-3/h7H,4-6H2,1-2H3. The third-order valence-electron chi connectivity index (χ3n) is 1.11. The molecule has 0 saturated carbocycles. The van der Waals surface area contributed by atoms with E-state index in [1.54, 1.807) is 0 Å². The smallest absolute Gasteiger partial charge is 0.312 e. The maximum absolute atomic E-state index is 10.9. The van der Waals surface area contributed by atoms with E-state index in [2.05, 4.69) is 4.85 Å². The van der Waals surface area contributed by atoms with Crippen molar-refractivity contribution in [2.24, 2.45) is 0 Å². The van der Waals surface area contributed by atoms with Gasteiger partial charge in [-0.1, -0.05) is 0 Å². The van der Waals surface area contributed by atoms with Crippen LogP contribution >= 0.6 is 0 Å². The molecule has 0 bridgehead atoms. The van der Waals surface area contributed by atoms with Crippen molar-refractivity contribution in [2.45, 2.75) is 20.0 Å². The zero-order valence-electron chi connectivity index (χ0n) is 7.28. The first-order chi connectivity index (χ1) is 5.48. The third kappa shape index (κ3) is 6.13. The maximum Gasteiger partial charge on any atom is 0.312 e. The van der Waals surface area contributed by atoms with Gasteiger partial charge >= 0.3 is 5.88 Å². The van der Waals surface area contributed by atoms with Gasteiger partial charge in [0.15, 0.2) is 0 Å². The van der Waals surface area contributed by atoms with Crippen LogP contribution in [-0.4, -0.2) is 32.8 Å². The van der Waals surface area contributed by atoms with E-state index < -0.39 is 15.7 Å². The van der Waals surface area contributed by atoms with Gasteiger partial charge in [0.1, 0.15) is 0 Å². The number of rotatable bonds is 5. The lowest BCUT2D eigenvalue weighted by molar-refractivity contribution is 0.0913. The summed E-state index contributed by atoms with van der Waals surface area (Å²) in [5.74, 6) is -0.498. The van der Waals surface area contributed by atoms with Gasteiger partial charge in [-0.15, -0.1) is 0 Å². The monoisotopic (exact) mass is 191 g/mol. The molecule has 0 fully saturated rings. The fourth-order valence-corrected chi connectivity index (χ4v) is 1.25.